The molecule has 21 heavy (non-hydrogen) atoms. The Balaban J connectivity index is 2.67. The lowest BCUT2D eigenvalue weighted by Crippen LogP contribution is -2.01. The summed E-state index contributed by atoms with van der Waals surface area (Å²) in [4.78, 5) is 25.9. The van der Waals surface area contributed by atoms with Gasteiger partial charge in [-0.1, -0.05) is 19.9 Å². The third kappa shape index (κ3) is 2.76. The number of carbonyl (C=O) groups is 1. The van der Waals surface area contributed by atoms with E-state index in [1.807, 2.05) is 0 Å². The summed E-state index contributed by atoms with van der Waals surface area (Å²) in [7, 11) is 0. The summed E-state index contributed by atoms with van der Waals surface area (Å²) in [6.45, 7) is 5.33. The van der Waals surface area contributed by atoms with Crippen LogP contribution in [0.3, 0.4) is 0 Å². The Morgan fingerprint density at radius 2 is 2.10 bits per heavy atom. The van der Waals surface area contributed by atoms with Crippen molar-refractivity contribution in [3.8, 4) is 11.5 Å². The standard InChI is InChI=1S/C14H14N2O5/c1-7(2)11-12(14(17)18)21-13(15-11)9-6-8(3)4-5-10(9)16(19)20/h4-7H,1-3H3,(H,17,18). The summed E-state index contributed by atoms with van der Waals surface area (Å²) in [6.07, 6.45) is 0. The molecule has 0 aliphatic heterocycles. The molecule has 0 aliphatic rings. The fraction of sp³-hybridized carbons (Fsp3) is 0.286. The SMILES string of the molecule is Cc1ccc([N+](=O)[O-])c(-c2nc(C(C)C)c(C(=O)O)o2)c1. The summed E-state index contributed by atoms with van der Waals surface area (Å²) in [5.41, 5.74) is 1.06. The second kappa shape index (κ2) is 5.35. The smallest absolute Gasteiger partial charge is 0.373 e. The van der Waals surface area contributed by atoms with Gasteiger partial charge in [-0.15, -0.1) is 0 Å². The summed E-state index contributed by atoms with van der Waals surface area (Å²) in [6, 6.07) is 4.51. The number of nitro groups is 1. The highest BCUT2D eigenvalue weighted by Gasteiger charge is 2.26. The average Bonchev–Trinajstić information content (AvgIpc) is 2.83. The van der Waals surface area contributed by atoms with Crippen molar-refractivity contribution >= 4 is 11.7 Å². The highest BCUT2D eigenvalue weighted by atomic mass is 16.6. The lowest BCUT2D eigenvalue weighted by Gasteiger charge is -2.00. The van der Waals surface area contributed by atoms with Crippen LogP contribution in [-0.2, 0) is 0 Å². The maximum atomic E-state index is 11.2. The van der Waals surface area contributed by atoms with Gasteiger partial charge in [-0.2, -0.15) is 0 Å². The normalized spacial score (nSPS) is 10.9. The Kier molecular flexibility index (Phi) is 3.75. The van der Waals surface area contributed by atoms with E-state index in [9.17, 15) is 14.9 Å². The Hall–Kier alpha value is -2.70. The Morgan fingerprint density at radius 3 is 2.57 bits per heavy atom. The lowest BCUT2D eigenvalue weighted by atomic mass is 10.1. The molecule has 1 heterocycles. The molecule has 0 atom stereocenters. The van der Waals surface area contributed by atoms with Crippen molar-refractivity contribution in [3.63, 3.8) is 0 Å². The van der Waals surface area contributed by atoms with Crippen LogP contribution in [0, 0.1) is 17.0 Å². The van der Waals surface area contributed by atoms with Gasteiger partial charge in [0.1, 0.15) is 5.56 Å². The number of aromatic nitrogens is 1. The number of nitrogens with zero attached hydrogens (tertiary/aromatic N) is 2. The minimum atomic E-state index is -1.24. The van der Waals surface area contributed by atoms with Crippen LogP contribution in [0.4, 0.5) is 5.69 Å². The molecule has 1 aromatic carbocycles. The molecule has 2 aromatic rings. The van der Waals surface area contributed by atoms with E-state index in [-0.39, 0.29) is 34.5 Å². The molecule has 0 bridgehead atoms. The number of carboxylic acid groups (broad SMARTS) is 1. The fourth-order valence-corrected chi connectivity index (χ4v) is 1.97. The van der Waals surface area contributed by atoms with Crippen LogP contribution >= 0.6 is 0 Å². The van der Waals surface area contributed by atoms with Crippen LogP contribution in [-0.4, -0.2) is 21.0 Å². The van der Waals surface area contributed by atoms with Gasteiger partial charge in [-0.05, 0) is 24.5 Å². The van der Waals surface area contributed by atoms with Crippen LogP contribution in [0.1, 0.15) is 41.6 Å². The number of aryl methyl sites for hydroxylation is 1. The first-order valence-electron chi connectivity index (χ1n) is 6.30. The molecule has 0 saturated heterocycles. The van der Waals surface area contributed by atoms with Crippen molar-refractivity contribution in [3.05, 3.63) is 45.3 Å². The molecule has 110 valence electrons. The number of hydrogen-bond donors (Lipinski definition) is 1. The van der Waals surface area contributed by atoms with Crippen molar-refractivity contribution in [2.45, 2.75) is 26.7 Å². The molecule has 7 heteroatoms. The zero-order chi connectivity index (χ0) is 15.7. The van der Waals surface area contributed by atoms with Crippen molar-refractivity contribution in [1.82, 2.24) is 4.98 Å². The summed E-state index contributed by atoms with van der Waals surface area (Å²) < 4.78 is 5.25. The Labute approximate surface area is 120 Å². The van der Waals surface area contributed by atoms with E-state index in [1.54, 1.807) is 32.9 Å². The molecule has 1 aromatic heterocycles. The quantitative estimate of drug-likeness (QED) is 0.683. The topological polar surface area (TPSA) is 106 Å². The van der Waals surface area contributed by atoms with E-state index >= 15 is 0 Å². The molecular weight excluding hydrogens is 276 g/mol. The molecule has 0 fully saturated rings. The lowest BCUT2D eigenvalue weighted by molar-refractivity contribution is -0.384. The second-order valence-corrected chi connectivity index (χ2v) is 4.97. The maximum Gasteiger partial charge on any atom is 0.373 e. The van der Waals surface area contributed by atoms with Gasteiger partial charge in [0, 0.05) is 6.07 Å². The Morgan fingerprint density at radius 1 is 1.43 bits per heavy atom. The van der Waals surface area contributed by atoms with Crippen LogP contribution in [0.5, 0.6) is 0 Å². The van der Waals surface area contributed by atoms with Gasteiger partial charge >= 0.3 is 5.97 Å². The minimum Gasteiger partial charge on any atom is -0.475 e. The molecule has 0 spiro atoms. The molecule has 2 rings (SSSR count). The van der Waals surface area contributed by atoms with Crippen LogP contribution in [0.15, 0.2) is 22.6 Å². The molecular formula is C14H14N2O5. The number of rotatable bonds is 4. The van der Waals surface area contributed by atoms with Gasteiger partial charge in [0.05, 0.1) is 10.6 Å². The van der Waals surface area contributed by atoms with Crippen LogP contribution in [0.2, 0.25) is 0 Å². The van der Waals surface area contributed by atoms with Crippen molar-refractivity contribution in [2.24, 2.45) is 0 Å². The molecule has 0 saturated carbocycles. The van der Waals surface area contributed by atoms with Gasteiger partial charge in [0.15, 0.2) is 0 Å². The molecule has 0 radical (unpaired) electrons. The van der Waals surface area contributed by atoms with E-state index in [2.05, 4.69) is 4.98 Å². The van der Waals surface area contributed by atoms with Crippen LogP contribution in [0.25, 0.3) is 11.5 Å². The number of benzene rings is 1. The fourth-order valence-electron chi connectivity index (χ4n) is 1.97. The largest absolute Gasteiger partial charge is 0.475 e. The van der Waals surface area contributed by atoms with Crippen molar-refractivity contribution in [2.75, 3.05) is 0 Å². The van der Waals surface area contributed by atoms with E-state index in [4.69, 9.17) is 9.52 Å². The van der Waals surface area contributed by atoms with E-state index in [0.29, 0.717) is 0 Å². The first kappa shape index (κ1) is 14.7. The number of oxazole rings is 1. The zero-order valence-corrected chi connectivity index (χ0v) is 11.8. The van der Waals surface area contributed by atoms with Crippen LogP contribution < -0.4 is 0 Å². The maximum absolute atomic E-state index is 11.2. The third-order valence-corrected chi connectivity index (χ3v) is 2.97. The van der Waals surface area contributed by atoms with Gasteiger partial charge in [-0.3, -0.25) is 10.1 Å². The molecule has 0 aliphatic carbocycles. The first-order valence-corrected chi connectivity index (χ1v) is 6.30. The first-order chi connectivity index (χ1) is 9.81. The van der Waals surface area contributed by atoms with Gasteiger partial charge < -0.3 is 9.52 Å². The average molecular weight is 290 g/mol. The van der Waals surface area contributed by atoms with Gasteiger partial charge in [-0.25, -0.2) is 9.78 Å². The summed E-state index contributed by atoms with van der Waals surface area (Å²) in [5.74, 6) is -1.74. The highest BCUT2D eigenvalue weighted by molar-refractivity contribution is 5.86. The minimum absolute atomic E-state index is 0.0495. The van der Waals surface area contributed by atoms with E-state index in [0.717, 1.165) is 5.56 Å². The molecule has 1 N–H and O–H groups in total. The van der Waals surface area contributed by atoms with Gasteiger partial charge in [0.25, 0.3) is 5.69 Å². The molecule has 0 amide bonds. The van der Waals surface area contributed by atoms with Crippen molar-refractivity contribution in [1.29, 1.82) is 0 Å². The number of nitro benzene ring substituents is 1. The molecule has 0 unspecified atom stereocenters. The predicted octanol–water partition coefficient (Wildman–Crippen LogP) is 3.38. The number of aromatic carboxylic acids is 1. The third-order valence-electron chi connectivity index (χ3n) is 2.97. The molecule has 7 nitrogen and oxygen atoms in total. The summed E-state index contributed by atoms with van der Waals surface area (Å²) in [5, 5.41) is 20.2. The predicted molar refractivity (Wildman–Crippen MR) is 74.4 cm³/mol. The Bertz CT molecular complexity index is 718. The zero-order valence-electron chi connectivity index (χ0n) is 11.8. The monoisotopic (exact) mass is 290 g/mol. The van der Waals surface area contributed by atoms with Gasteiger partial charge in [0.2, 0.25) is 11.7 Å². The number of hydrogen-bond acceptors (Lipinski definition) is 5. The van der Waals surface area contributed by atoms with E-state index in [1.165, 1.54) is 6.07 Å². The highest BCUT2D eigenvalue weighted by Crippen LogP contribution is 2.33. The second-order valence-electron chi connectivity index (χ2n) is 4.97. The number of carboxylic acids is 1. The van der Waals surface area contributed by atoms with Crippen molar-refractivity contribution < 1.29 is 19.2 Å². The summed E-state index contributed by atoms with van der Waals surface area (Å²) >= 11 is 0. The van der Waals surface area contributed by atoms with E-state index < -0.39 is 10.9 Å².